The van der Waals surface area contributed by atoms with Crippen LogP contribution in [0.5, 0.6) is 5.75 Å². The van der Waals surface area contributed by atoms with E-state index in [1.807, 2.05) is 54.4 Å². The monoisotopic (exact) mass is 470 g/mol. The van der Waals surface area contributed by atoms with Crippen molar-refractivity contribution in [1.82, 2.24) is 9.80 Å². The third-order valence-electron chi connectivity index (χ3n) is 6.33. The maximum Gasteiger partial charge on any atom is 0.223 e. The van der Waals surface area contributed by atoms with Crippen molar-refractivity contribution in [2.75, 3.05) is 26.7 Å². The van der Waals surface area contributed by atoms with Gasteiger partial charge in [-0.15, -0.1) is 0 Å². The first kappa shape index (κ1) is 25.1. The predicted molar refractivity (Wildman–Crippen MR) is 132 cm³/mol. The largest absolute Gasteiger partial charge is 0.493 e. The Bertz CT molecular complexity index is 903. The van der Waals surface area contributed by atoms with Crippen LogP contribution >= 0.6 is 11.6 Å². The minimum Gasteiger partial charge on any atom is -0.493 e. The van der Waals surface area contributed by atoms with E-state index in [-0.39, 0.29) is 11.8 Å². The molecule has 0 aromatic heterocycles. The van der Waals surface area contributed by atoms with Gasteiger partial charge in [0.2, 0.25) is 11.8 Å². The van der Waals surface area contributed by atoms with Crippen LogP contribution in [-0.4, -0.2) is 48.4 Å². The number of halogens is 1. The van der Waals surface area contributed by atoms with E-state index in [2.05, 4.69) is 6.92 Å². The van der Waals surface area contributed by atoms with Crippen molar-refractivity contribution in [2.24, 2.45) is 5.41 Å². The van der Waals surface area contributed by atoms with Crippen molar-refractivity contribution in [1.29, 1.82) is 0 Å². The third-order valence-corrected chi connectivity index (χ3v) is 6.58. The smallest absolute Gasteiger partial charge is 0.223 e. The fourth-order valence-electron chi connectivity index (χ4n) is 4.39. The zero-order chi connectivity index (χ0) is 23.7. The molecule has 1 fully saturated rings. The fraction of sp³-hybridized carbons (Fsp3) is 0.481. The SMILES string of the molecule is CCCCC(=O)N1CCC[C@@](COc2ccc(Cl)cc2)(CC(=O)N(C)Cc2ccccc2)C1. The molecule has 1 atom stereocenters. The Balaban J connectivity index is 1.72. The van der Waals surface area contributed by atoms with E-state index in [1.165, 1.54) is 0 Å². The first-order valence-corrected chi connectivity index (χ1v) is 12.2. The summed E-state index contributed by atoms with van der Waals surface area (Å²) in [5.74, 6) is 0.970. The topological polar surface area (TPSA) is 49.9 Å². The van der Waals surface area contributed by atoms with Crippen LogP contribution in [0.4, 0.5) is 0 Å². The summed E-state index contributed by atoms with van der Waals surface area (Å²) >= 11 is 6.00. The summed E-state index contributed by atoms with van der Waals surface area (Å²) in [5.41, 5.74) is 0.682. The van der Waals surface area contributed by atoms with Crippen molar-refractivity contribution in [2.45, 2.75) is 52.0 Å². The Hall–Kier alpha value is -2.53. The minimum absolute atomic E-state index is 0.0708. The van der Waals surface area contributed by atoms with Gasteiger partial charge >= 0.3 is 0 Å². The molecule has 2 amide bonds. The van der Waals surface area contributed by atoms with Crippen molar-refractivity contribution < 1.29 is 14.3 Å². The third kappa shape index (κ3) is 7.50. The molecule has 0 unspecified atom stereocenters. The van der Waals surface area contributed by atoms with Gasteiger partial charge in [-0.05, 0) is 49.1 Å². The molecule has 0 radical (unpaired) electrons. The van der Waals surface area contributed by atoms with Gasteiger partial charge in [-0.25, -0.2) is 0 Å². The number of rotatable bonds is 10. The number of likely N-dealkylation sites (tertiary alicyclic amines) is 1. The number of amides is 2. The Kier molecular flexibility index (Phi) is 9.19. The lowest BCUT2D eigenvalue weighted by molar-refractivity contribution is -0.141. The van der Waals surface area contributed by atoms with Crippen LogP contribution in [-0.2, 0) is 16.1 Å². The molecule has 1 aliphatic heterocycles. The molecule has 1 heterocycles. The average molecular weight is 471 g/mol. The van der Waals surface area contributed by atoms with Crippen LogP contribution in [0, 0.1) is 5.41 Å². The highest BCUT2D eigenvalue weighted by Gasteiger charge is 2.40. The van der Waals surface area contributed by atoms with Crippen LogP contribution in [0.25, 0.3) is 0 Å². The highest BCUT2D eigenvalue weighted by Crippen LogP contribution is 2.36. The van der Waals surface area contributed by atoms with Gasteiger partial charge in [-0.1, -0.05) is 55.3 Å². The Morgan fingerprint density at radius 3 is 2.55 bits per heavy atom. The number of hydrogen-bond donors (Lipinski definition) is 0. The van der Waals surface area contributed by atoms with Crippen LogP contribution < -0.4 is 4.74 Å². The molecule has 178 valence electrons. The number of hydrogen-bond acceptors (Lipinski definition) is 3. The van der Waals surface area contributed by atoms with Gasteiger partial charge in [0, 0.05) is 50.0 Å². The highest BCUT2D eigenvalue weighted by molar-refractivity contribution is 6.30. The molecular formula is C27H35ClN2O3. The summed E-state index contributed by atoms with van der Waals surface area (Å²) in [6.07, 6.45) is 4.52. The Labute approximate surface area is 202 Å². The number of carbonyl (C=O) groups is 2. The van der Waals surface area contributed by atoms with Crippen molar-refractivity contribution in [3.63, 3.8) is 0 Å². The molecule has 0 aliphatic carbocycles. The first-order chi connectivity index (χ1) is 15.9. The van der Waals surface area contributed by atoms with Gasteiger partial charge in [0.25, 0.3) is 0 Å². The van der Waals surface area contributed by atoms with Crippen LogP contribution in [0.3, 0.4) is 0 Å². The summed E-state index contributed by atoms with van der Waals surface area (Å²) in [7, 11) is 1.84. The van der Waals surface area contributed by atoms with E-state index in [4.69, 9.17) is 16.3 Å². The minimum atomic E-state index is -0.415. The van der Waals surface area contributed by atoms with E-state index in [1.54, 1.807) is 17.0 Å². The molecule has 2 aromatic carbocycles. The maximum absolute atomic E-state index is 13.3. The van der Waals surface area contributed by atoms with Crippen LogP contribution in [0.1, 0.15) is 51.0 Å². The molecule has 6 heteroatoms. The Morgan fingerprint density at radius 2 is 1.85 bits per heavy atom. The van der Waals surface area contributed by atoms with E-state index < -0.39 is 5.41 Å². The molecule has 3 rings (SSSR count). The van der Waals surface area contributed by atoms with E-state index in [0.29, 0.717) is 37.6 Å². The number of unbranched alkanes of at least 4 members (excludes halogenated alkanes) is 1. The Morgan fingerprint density at radius 1 is 1.12 bits per heavy atom. The van der Waals surface area contributed by atoms with E-state index in [9.17, 15) is 9.59 Å². The number of carbonyl (C=O) groups excluding carboxylic acids is 2. The van der Waals surface area contributed by atoms with Crippen molar-refractivity contribution in [3.05, 3.63) is 65.2 Å². The van der Waals surface area contributed by atoms with Gasteiger partial charge in [-0.2, -0.15) is 0 Å². The zero-order valence-corrected chi connectivity index (χ0v) is 20.5. The quantitative estimate of drug-likeness (QED) is 0.456. The molecule has 0 spiro atoms. The molecular weight excluding hydrogens is 436 g/mol. The standard InChI is InChI=1S/C27H35ClN2O3/c1-3-4-11-25(31)30-17-8-16-27(20-30,21-33-24-14-12-23(28)13-15-24)18-26(32)29(2)19-22-9-6-5-7-10-22/h5-7,9-10,12-15H,3-4,8,11,16-21H2,1-2H3/t27-/m1/s1. The summed E-state index contributed by atoms with van der Waals surface area (Å²) < 4.78 is 6.14. The second-order valence-electron chi connectivity index (χ2n) is 9.18. The number of piperidine rings is 1. The number of benzene rings is 2. The van der Waals surface area contributed by atoms with E-state index in [0.717, 1.165) is 43.5 Å². The maximum atomic E-state index is 13.3. The summed E-state index contributed by atoms with van der Waals surface area (Å²) in [5, 5.41) is 0.653. The van der Waals surface area contributed by atoms with Gasteiger partial charge < -0.3 is 14.5 Å². The summed E-state index contributed by atoms with van der Waals surface area (Å²) in [6, 6.07) is 17.3. The molecule has 0 bridgehead atoms. The lowest BCUT2D eigenvalue weighted by Crippen LogP contribution is -2.50. The first-order valence-electron chi connectivity index (χ1n) is 11.8. The second kappa shape index (κ2) is 12.1. The zero-order valence-electron chi connectivity index (χ0n) is 19.8. The molecule has 33 heavy (non-hydrogen) atoms. The van der Waals surface area contributed by atoms with Gasteiger partial charge in [0.1, 0.15) is 5.75 Å². The average Bonchev–Trinajstić information content (AvgIpc) is 2.83. The van der Waals surface area contributed by atoms with Crippen molar-refractivity contribution >= 4 is 23.4 Å². The van der Waals surface area contributed by atoms with E-state index >= 15 is 0 Å². The predicted octanol–water partition coefficient (Wildman–Crippen LogP) is 5.57. The molecule has 2 aromatic rings. The molecule has 1 aliphatic rings. The lowest BCUT2D eigenvalue weighted by Gasteiger charge is -2.43. The lowest BCUT2D eigenvalue weighted by atomic mass is 9.77. The molecule has 5 nitrogen and oxygen atoms in total. The van der Waals surface area contributed by atoms with Gasteiger partial charge in [-0.3, -0.25) is 9.59 Å². The van der Waals surface area contributed by atoms with Crippen molar-refractivity contribution in [3.8, 4) is 5.75 Å². The van der Waals surface area contributed by atoms with Crippen LogP contribution in [0.2, 0.25) is 5.02 Å². The van der Waals surface area contributed by atoms with Crippen LogP contribution in [0.15, 0.2) is 54.6 Å². The highest BCUT2D eigenvalue weighted by atomic mass is 35.5. The normalized spacial score (nSPS) is 18.1. The summed E-state index contributed by atoms with van der Waals surface area (Å²) in [4.78, 5) is 29.8. The number of nitrogens with zero attached hydrogens (tertiary/aromatic N) is 2. The molecule has 0 N–H and O–H groups in total. The van der Waals surface area contributed by atoms with Gasteiger partial charge in [0.05, 0.1) is 6.61 Å². The summed E-state index contributed by atoms with van der Waals surface area (Å²) in [6.45, 7) is 4.34. The van der Waals surface area contributed by atoms with Gasteiger partial charge in [0.15, 0.2) is 0 Å². The fourth-order valence-corrected chi connectivity index (χ4v) is 4.51. The number of ether oxygens (including phenoxy) is 1. The molecule has 1 saturated heterocycles. The molecule has 0 saturated carbocycles. The second-order valence-corrected chi connectivity index (χ2v) is 9.61.